The number of benzene rings is 1. The molecule has 3 aliphatic rings. The molecular formula is C26H34N4O6. The Bertz CT molecular complexity index is 1040. The van der Waals surface area contributed by atoms with Crippen LogP contribution < -0.4 is 10.1 Å². The highest BCUT2D eigenvalue weighted by Gasteiger charge is 2.46. The molecule has 2 saturated heterocycles. The molecule has 10 nitrogen and oxygen atoms in total. The second-order valence-electron chi connectivity index (χ2n) is 9.51. The number of carbonyl (C=O) groups excluding carboxylic acids is 5. The fraction of sp³-hybridized carbons (Fsp3) is 0.577. The highest BCUT2D eigenvalue weighted by Crippen LogP contribution is 2.33. The van der Waals surface area contributed by atoms with E-state index in [2.05, 4.69) is 24.1 Å². The normalized spacial score (nSPS) is 20.7. The number of nitrogens with one attached hydrogen (secondary N) is 1. The lowest BCUT2D eigenvalue weighted by molar-refractivity contribution is -0.138. The SMILES string of the molecule is CCC(CC)C(=O)N1CCN(CCCOc2cccc3c2C(=O)N(C2CCC(=O)NC2=O)C3=O)CC1. The lowest BCUT2D eigenvalue weighted by Crippen LogP contribution is -2.54. The highest BCUT2D eigenvalue weighted by molar-refractivity contribution is 6.24. The highest BCUT2D eigenvalue weighted by atomic mass is 16.5. The summed E-state index contributed by atoms with van der Waals surface area (Å²) in [5.41, 5.74) is 0.376. The molecule has 1 aromatic carbocycles. The minimum atomic E-state index is -1.00. The molecule has 1 N–H and O–H groups in total. The van der Waals surface area contributed by atoms with Crippen LogP contribution in [0.5, 0.6) is 5.75 Å². The molecule has 0 radical (unpaired) electrons. The van der Waals surface area contributed by atoms with Gasteiger partial charge in [-0.05, 0) is 37.8 Å². The molecule has 1 atom stereocenters. The number of amides is 5. The number of ether oxygens (including phenoxy) is 1. The van der Waals surface area contributed by atoms with Crippen molar-refractivity contribution in [1.29, 1.82) is 0 Å². The van der Waals surface area contributed by atoms with Crippen molar-refractivity contribution in [3.63, 3.8) is 0 Å². The third-order valence-electron chi connectivity index (χ3n) is 7.32. The second-order valence-corrected chi connectivity index (χ2v) is 9.51. The van der Waals surface area contributed by atoms with Gasteiger partial charge in [0.2, 0.25) is 17.7 Å². The van der Waals surface area contributed by atoms with Gasteiger partial charge in [-0.25, -0.2) is 0 Å². The number of piperidine rings is 1. The van der Waals surface area contributed by atoms with E-state index < -0.39 is 29.7 Å². The van der Waals surface area contributed by atoms with Crippen LogP contribution in [0.3, 0.4) is 0 Å². The van der Waals surface area contributed by atoms with E-state index in [4.69, 9.17) is 4.74 Å². The molecule has 0 saturated carbocycles. The molecule has 36 heavy (non-hydrogen) atoms. The number of fused-ring (bicyclic) bond motifs is 1. The van der Waals surface area contributed by atoms with Crippen molar-refractivity contribution in [1.82, 2.24) is 20.0 Å². The topological polar surface area (TPSA) is 116 Å². The summed E-state index contributed by atoms with van der Waals surface area (Å²) < 4.78 is 5.91. The van der Waals surface area contributed by atoms with Gasteiger partial charge in [0.15, 0.2) is 0 Å². The van der Waals surface area contributed by atoms with E-state index in [9.17, 15) is 24.0 Å². The molecule has 0 spiro atoms. The Morgan fingerprint density at radius 2 is 1.78 bits per heavy atom. The number of rotatable bonds is 9. The Hall–Kier alpha value is -3.27. The summed E-state index contributed by atoms with van der Waals surface area (Å²) in [4.78, 5) is 67.6. The smallest absolute Gasteiger partial charge is 0.266 e. The van der Waals surface area contributed by atoms with Crippen molar-refractivity contribution in [2.24, 2.45) is 5.92 Å². The monoisotopic (exact) mass is 498 g/mol. The van der Waals surface area contributed by atoms with Gasteiger partial charge >= 0.3 is 0 Å². The molecule has 3 heterocycles. The zero-order chi connectivity index (χ0) is 25.8. The summed E-state index contributed by atoms with van der Waals surface area (Å²) in [5.74, 6) is -1.47. The zero-order valence-electron chi connectivity index (χ0n) is 21.0. The number of nitrogens with zero attached hydrogens (tertiary/aromatic N) is 3. The van der Waals surface area contributed by atoms with E-state index in [1.54, 1.807) is 18.2 Å². The van der Waals surface area contributed by atoms with Crippen LogP contribution in [-0.4, -0.2) is 89.6 Å². The maximum absolute atomic E-state index is 13.1. The van der Waals surface area contributed by atoms with Gasteiger partial charge in [0.1, 0.15) is 11.8 Å². The average molecular weight is 499 g/mol. The van der Waals surface area contributed by atoms with Crippen molar-refractivity contribution in [2.75, 3.05) is 39.3 Å². The molecule has 5 amide bonds. The van der Waals surface area contributed by atoms with Gasteiger partial charge in [-0.1, -0.05) is 19.9 Å². The molecular weight excluding hydrogens is 464 g/mol. The van der Waals surface area contributed by atoms with E-state index >= 15 is 0 Å². The van der Waals surface area contributed by atoms with E-state index in [0.29, 0.717) is 12.4 Å². The van der Waals surface area contributed by atoms with Crippen LogP contribution in [0.4, 0.5) is 0 Å². The van der Waals surface area contributed by atoms with E-state index in [1.807, 2.05) is 4.90 Å². The predicted molar refractivity (Wildman–Crippen MR) is 130 cm³/mol. The van der Waals surface area contributed by atoms with Gasteiger partial charge in [-0.2, -0.15) is 0 Å². The van der Waals surface area contributed by atoms with Gasteiger partial charge in [0, 0.05) is 45.1 Å². The van der Waals surface area contributed by atoms with Gasteiger partial charge in [-0.15, -0.1) is 0 Å². The first-order valence-corrected chi connectivity index (χ1v) is 12.8. The van der Waals surface area contributed by atoms with Crippen LogP contribution in [0.1, 0.15) is 66.7 Å². The van der Waals surface area contributed by atoms with E-state index in [0.717, 1.165) is 56.9 Å². The molecule has 4 rings (SSSR count). The Morgan fingerprint density at radius 1 is 1.06 bits per heavy atom. The number of imide groups is 2. The van der Waals surface area contributed by atoms with Crippen LogP contribution >= 0.6 is 0 Å². The molecule has 1 unspecified atom stereocenters. The largest absolute Gasteiger partial charge is 0.493 e. The lowest BCUT2D eigenvalue weighted by atomic mass is 10.0. The standard InChI is InChI=1S/C26H34N4O6/c1-3-17(4-2)24(33)29-14-12-28(13-15-29)11-6-16-36-20-8-5-7-18-22(20)26(35)30(25(18)34)19-9-10-21(31)27-23(19)32/h5,7-8,17,19H,3-4,6,9-16H2,1-2H3,(H,27,31,32). The van der Waals surface area contributed by atoms with Crippen LogP contribution in [0.15, 0.2) is 18.2 Å². The number of hydrogen-bond acceptors (Lipinski definition) is 7. The van der Waals surface area contributed by atoms with Crippen LogP contribution in [0, 0.1) is 5.92 Å². The van der Waals surface area contributed by atoms with Crippen molar-refractivity contribution < 1.29 is 28.7 Å². The quantitative estimate of drug-likeness (QED) is 0.405. The Balaban J connectivity index is 1.29. The third kappa shape index (κ3) is 5.13. The molecule has 0 aromatic heterocycles. The summed E-state index contributed by atoms with van der Waals surface area (Å²) in [7, 11) is 0. The Kier molecular flexibility index (Phi) is 8.03. The molecule has 194 valence electrons. The zero-order valence-corrected chi connectivity index (χ0v) is 21.0. The van der Waals surface area contributed by atoms with Crippen molar-refractivity contribution in [3.05, 3.63) is 29.3 Å². The van der Waals surface area contributed by atoms with Crippen LogP contribution in [0.2, 0.25) is 0 Å². The average Bonchev–Trinajstić information content (AvgIpc) is 3.13. The van der Waals surface area contributed by atoms with Gasteiger partial charge in [0.05, 0.1) is 17.7 Å². The van der Waals surface area contributed by atoms with Crippen molar-refractivity contribution >= 4 is 29.5 Å². The molecule has 10 heteroatoms. The number of piperazine rings is 1. The first kappa shape index (κ1) is 25.8. The fourth-order valence-electron chi connectivity index (χ4n) is 5.16. The molecule has 0 aliphatic carbocycles. The van der Waals surface area contributed by atoms with Gasteiger partial charge < -0.3 is 9.64 Å². The van der Waals surface area contributed by atoms with Crippen LogP contribution in [-0.2, 0) is 14.4 Å². The lowest BCUT2D eigenvalue weighted by Gasteiger charge is -2.36. The van der Waals surface area contributed by atoms with E-state index in [1.165, 1.54) is 0 Å². The minimum absolute atomic E-state index is 0.0768. The molecule has 0 bridgehead atoms. The number of hydrogen-bond donors (Lipinski definition) is 1. The van der Waals surface area contributed by atoms with E-state index in [-0.39, 0.29) is 35.8 Å². The predicted octanol–water partition coefficient (Wildman–Crippen LogP) is 1.44. The minimum Gasteiger partial charge on any atom is -0.493 e. The molecule has 2 fully saturated rings. The van der Waals surface area contributed by atoms with Gasteiger partial charge in [-0.3, -0.25) is 39.1 Å². The van der Waals surface area contributed by atoms with Crippen LogP contribution in [0.25, 0.3) is 0 Å². The maximum Gasteiger partial charge on any atom is 0.266 e. The molecule has 3 aliphatic heterocycles. The number of carbonyl (C=O) groups is 5. The van der Waals surface area contributed by atoms with Crippen molar-refractivity contribution in [2.45, 2.75) is 52.0 Å². The summed E-state index contributed by atoms with van der Waals surface area (Å²) in [6.45, 7) is 8.38. The Labute approximate surface area is 210 Å². The summed E-state index contributed by atoms with van der Waals surface area (Å²) in [6.07, 6.45) is 2.66. The summed E-state index contributed by atoms with van der Waals surface area (Å²) in [6, 6.07) is 3.86. The van der Waals surface area contributed by atoms with Gasteiger partial charge in [0.25, 0.3) is 11.8 Å². The molecule has 1 aromatic rings. The first-order chi connectivity index (χ1) is 17.3. The summed E-state index contributed by atoms with van der Waals surface area (Å²) >= 11 is 0. The second kappa shape index (κ2) is 11.2. The fourth-order valence-corrected chi connectivity index (χ4v) is 5.16. The summed E-state index contributed by atoms with van der Waals surface area (Å²) in [5, 5.41) is 2.20. The first-order valence-electron chi connectivity index (χ1n) is 12.8. The maximum atomic E-state index is 13.1. The van der Waals surface area contributed by atoms with Crippen molar-refractivity contribution in [3.8, 4) is 5.75 Å². The Morgan fingerprint density at radius 3 is 2.44 bits per heavy atom. The third-order valence-corrected chi connectivity index (χ3v) is 7.32.